The fourth-order valence-corrected chi connectivity index (χ4v) is 2.51. The molecule has 5 atom stereocenters. The zero-order chi connectivity index (χ0) is 17.4. The van der Waals surface area contributed by atoms with Gasteiger partial charge in [0.25, 0.3) is 0 Å². The summed E-state index contributed by atoms with van der Waals surface area (Å²) in [4.78, 5) is 23.7. The summed E-state index contributed by atoms with van der Waals surface area (Å²) in [6.07, 6.45) is -3.21. The Hall–Kier alpha value is -2.34. The molecule has 0 saturated carbocycles. The van der Waals surface area contributed by atoms with E-state index < -0.39 is 43.2 Å². The van der Waals surface area contributed by atoms with Gasteiger partial charge in [0, 0.05) is 0 Å². The van der Waals surface area contributed by atoms with Crippen LogP contribution in [0.1, 0.15) is 13.2 Å². The number of rotatable bonds is 4. The Labute approximate surface area is 135 Å². The zero-order valence-electron chi connectivity index (χ0n) is 12.7. The lowest BCUT2D eigenvalue weighted by atomic mass is 10.1. The monoisotopic (exact) mass is 339 g/mol. The van der Waals surface area contributed by atoms with Gasteiger partial charge in [0.05, 0.1) is 12.9 Å². The maximum absolute atomic E-state index is 11.7. The van der Waals surface area contributed by atoms with Crippen molar-refractivity contribution in [3.8, 4) is 0 Å². The van der Waals surface area contributed by atoms with E-state index in [1.165, 1.54) is 24.1 Å². The first-order chi connectivity index (χ1) is 11.4. The molecule has 0 amide bonds. The van der Waals surface area contributed by atoms with Crippen LogP contribution >= 0.6 is 0 Å². The molecule has 0 aromatic carbocycles. The van der Waals surface area contributed by atoms with Gasteiger partial charge in [-0.2, -0.15) is 0 Å². The lowest BCUT2D eigenvalue weighted by Gasteiger charge is -2.22. The molecule has 0 radical (unpaired) electrons. The molecule has 1 saturated heterocycles. The van der Waals surface area contributed by atoms with Crippen molar-refractivity contribution in [1.29, 1.82) is 0 Å². The second-order valence-corrected chi connectivity index (χ2v) is 5.40. The molecule has 1 unspecified atom stereocenters. The maximum Gasteiger partial charge on any atom is 0.335 e. The Morgan fingerprint density at radius 1 is 1.50 bits per heavy atom. The van der Waals surface area contributed by atoms with E-state index in [0.29, 0.717) is 11.2 Å². The Kier molecular flexibility index (Phi) is 4.32. The molecule has 2 aromatic heterocycles. The number of nitrogens with zero attached hydrogens (tertiary/aromatic N) is 4. The number of carbonyl (C=O) groups excluding carboxylic acids is 1. The topological polar surface area (TPSA) is 166 Å². The molecule has 24 heavy (non-hydrogen) atoms. The van der Waals surface area contributed by atoms with E-state index in [2.05, 4.69) is 15.0 Å². The Balaban J connectivity index is 1.99. The Bertz CT molecular complexity index is 750. The van der Waals surface area contributed by atoms with E-state index in [1.807, 2.05) is 0 Å². The van der Waals surface area contributed by atoms with Crippen LogP contribution in [0.15, 0.2) is 12.7 Å². The average Bonchev–Trinajstić information content (AvgIpc) is 3.10. The second kappa shape index (κ2) is 6.28. The van der Waals surface area contributed by atoms with Crippen LogP contribution in [0, 0.1) is 0 Å². The van der Waals surface area contributed by atoms with Crippen LogP contribution in [0.2, 0.25) is 0 Å². The molecule has 1 fully saturated rings. The van der Waals surface area contributed by atoms with Gasteiger partial charge >= 0.3 is 5.97 Å². The molecule has 3 rings (SSSR count). The summed E-state index contributed by atoms with van der Waals surface area (Å²) in [6.45, 7) is 0.758. The van der Waals surface area contributed by atoms with Gasteiger partial charge < -0.3 is 30.5 Å². The Morgan fingerprint density at radius 2 is 2.25 bits per heavy atom. The summed E-state index contributed by atoms with van der Waals surface area (Å²) >= 11 is 0. The highest BCUT2D eigenvalue weighted by Crippen LogP contribution is 2.34. The van der Waals surface area contributed by atoms with Crippen LogP contribution in [0.4, 0.5) is 5.82 Å². The van der Waals surface area contributed by atoms with Gasteiger partial charge in [-0.15, -0.1) is 0 Å². The number of anilines is 1. The van der Waals surface area contributed by atoms with Crippen molar-refractivity contribution in [3.05, 3.63) is 12.7 Å². The van der Waals surface area contributed by atoms with E-state index in [1.54, 1.807) is 0 Å². The van der Waals surface area contributed by atoms with E-state index in [-0.39, 0.29) is 5.82 Å². The van der Waals surface area contributed by atoms with Crippen molar-refractivity contribution in [2.24, 2.45) is 0 Å². The SMILES string of the molecule is CC(O)C(=O)O[C@@H]1[C@H](O)[C@@H](CO)O[C@H]1n1cnc2c(N)ncnc21. The highest BCUT2D eigenvalue weighted by atomic mass is 16.6. The fourth-order valence-electron chi connectivity index (χ4n) is 2.51. The molecule has 2 aromatic rings. The minimum atomic E-state index is -1.37. The van der Waals surface area contributed by atoms with Crippen molar-refractivity contribution in [2.75, 3.05) is 12.3 Å². The number of fused-ring (bicyclic) bond motifs is 1. The van der Waals surface area contributed by atoms with E-state index in [9.17, 15) is 20.1 Å². The number of ether oxygens (including phenoxy) is 2. The second-order valence-electron chi connectivity index (χ2n) is 5.40. The number of nitrogens with two attached hydrogens (primary N) is 1. The molecular formula is C13H17N5O6. The molecule has 1 aliphatic heterocycles. The van der Waals surface area contributed by atoms with Crippen LogP contribution in [0.5, 0.6) is 0 Å². The lowest BCUT2D eigenvalue weighted by Crippen LogP contribution is -2.39. The summed E-state index contributed by atoms with van der Waals surface area (Å²) < 4.78 is 12.1. The number of carbonyl (C=O) groups is 1. The summed E-state index contributed by atoms with van der Waals surface area (Å²) in [5.41, 5.74) is 6.37. The van der Waals surface area contributed by atoms with Crippen LogP contribution in [0.3, 0.4) is 0 Å². The molecule has 130 valence electrons. The van der Waals surface area contributed by atoms with Gasteiger partial charge in [-0.1, -0.05) is 0 Å². The maximum atomic E-state index is 11.7. The quantitative estimate of drug-likeness (QED) is 0.455. The van der Waals surface area contributed by atoms with Gasteiger partial charge in [0.15, 0.2) is 23.8 Å². The van der Waals surface area contributed by atoms with Crippen molar-refractivity contribution in [1.82, 2.24) is 19.5 Å². The van der Waals surface area contributed by atoms with Gasteiger partial charge in [0.2, 0.25) is 0 Å². The van der Waals surface area contributed by atoms with Gasteiger partial charge in [-0.25, -0.2) is 19.7 Å². The van der Waals surface area contributed by atoms with Crippen molar-refractivity contribution < 1.29 is 29.6 Å². The van der Waals surface area contributed by atoms with Gasteiger partial charge in [-0.3, -0.25) is 4.57 Å². The first-order valence-electron chi connectivity index (χ1n) is 7.20. The van der Waals surface area contributed by atoms with E-state index in [0.717, 1.165) is 0 Å². The first-order valence-corrected chi connectivity index (χ1v) is 7.20. The lowest BCUT2D eigenvalue weighted by molar-refractivity contribution is -0.167. The fraction of sp³-hybridized carbons (Fsp3) is 0.538. The molecule has 0 bridgehead atoms. The molecule has 3 heterocycles. The van der Waals surface area contributed by atoms with Crippen molar-refractivity contribution in [2.45, 2.75) is 37.6 Å². The standard InChI is InChI=1S/C13H17N5O6/c1-5(20)13(22)24-9-8(21)6(2-19)23-12(9)18-4-17-7-10(14)15-3-16-11(7)18/h3-6,8-9,12,19-21H,2H2,1H3,(H2,14,15,16)/t5?,6-,8-,9-,12-/m1/s1. The van der Waals surface area contributed by atoms with Crippen LogP contribution < -0.4 is 5.73 Å². The van der Waals surface area contributed by atoms with Crippen LogP contribution in [-0.4, -0.2) is 71.8 Å². The third-order valence-corrected chi connectivity index (χ3v) is 3.75. The number of hydrogen-bond acceptors (Lipinski definition) is 10. The molecule has 5 N–H and O–H groups in total. The summed E-state index contributed by atoms with van der Waals surface area (Å²) in [6, 6.07) is 0. The summed E-state index contributed by atoms with van der Waals surface area (Å²) in [7, 11) is 0. The van der Waals surface area contributed by atoms with Gasteiger partial charge in [-0.05, 0) is 6.92 Å². The van der Waals surface area contributed by atoms with Crippen LogP contribution in [0.25, 0.3) is 11.2 Å². The predicted molar refractivity (Wildman–Crippen MR) is 78.3 cm³/mol. The third kappa shape index (κ3) is 2.67. The number of aromatic nitrogens is 4. The molecule has 11 heteroatoms. The smallest absolute Gasteiger partial charge is 0.335 e. The Morgan fingerprint density at radius 3 is 2.92 bits per heavy atom. The first kappa shape index (κ1) is 16.5. The number of aliphatic hydroxyl groups excluding tert-OH is 3. The normalized spacial score (nSPS) is 28.2. The molecular weight excluding hydrogens is 322 g/mol. The number of imidazole rings is 1. The number of nitrogen functional groups attached to an aromatic ring is 1. The van der Waals surface area contributed by atoms with Crippen molar-refractivity contribution in [3.63, 3.8) is 0 Å². The highest BCUT2D eigenvalue weighted by molar-refractivity contribution is 5.81. The number of hydrogen-bond donors (Lipinski definition) is 4. The summed E-state index contributed by atoms with van der Waals surface area (Å²) in [5.74, 6) is -0.765. The minimum Gasteiger partial charge on any atom is -0.453 e. The minimum absolute atomic E-state index is 0.161. The molecule has 11 nitrogen and oxygen atoms in total. The molecule has 1 aliphatic rings. The van der Waals surface area contributed by atoms with E-state index in [4.69, 9.17) is 15.2 Å². The average molecular weight is 339 g/mol. The predicted octanol–water partition coefficient (Wildman–Crippen LogP) is -2.05. The third-order valence-electron chi connectivity index (χ3n) is 3.75. The van der Waals surface area contributed by atoms with Crippen molar-refractivity contribution >= 4 is 23.0 Å². The highest BCUT2D eigenvalue weighted by Gasteiger charge is 2.47. The van der Waals surface area contributed by atoms with E-state index >= 15 is 0 Å². The zero-order valence-corrected chi connectivity index (χ0v) is 12.7. The van der Waals surface area contributed by atoms with Crippen LogP contribution in [-0.2, 0) is 14.3 Å². The molecule has 0 aliphatic carbocycles. The molecule has 0 spiro atoms. The van der Waals surface area contributed by atoms with Gasteiger partial charge in [0.1, 0.15) is 30.2 Å². The number of esters is 1. The number of aliphatic hydroxyl groups is 3. The summed E-state index contributed by atoms with van der Waals surface area (Å²) in [5, 5.41) is 28.9. The largest absolute Gasteiger partial charge is 0.453 e.